The number of benzene rings is 1. The lowest BCUT2D eigenvalue weighted by Gasteiger charge is -2.63. The molecule has 4 bridgehead atoms. The molecule has 0 amide bonds. The molecule has 5 unspecified atom stereocenters. The molecule has 25 heavy (non-hydrogen) atoms. The normalized spacial score (nSPS) is 36.6. The van der Waals surface area contributed by atoms with Crippen LogP contribution >= 0.6 is 0 Å². The summed E-state index contributed by atoms with van der Waals surface area (Å²) >= 11 is 0. The summed E-state index contributed by atoms with van der Waals surface area (Å²) in [6.07, 6.45) is 3.10. The zero-order chi connectivity index (χ0) is 16.8. The number of hydrogen-bond acceptors (Lipinski definition) is 4. The van der Waals surface area contributed by atoms with E-state index in [1.54, 1.807) is 0 Å². The van der Waals surface area contributed by atoms with Gasteiger partial charge in [-0.05, 0) is 43.9 Å². The monoisotopic (exact) mass is 333 g/mol. The summed E-state index contributed by atoms with van der Waals surface area (Å²) in [6.45, 7) is 9.50. The van der Waals surface area contributed by atoms with Crippen LogP contribution < -0.4 is 0 Å². The number of aryl methyl sites for hydroxylation is 1. The Kier molecular flexibility index (Phi) is 2.64. The number of furan rings is 1. The van der Waals surface area contributed by atoms with E-state index in [1.165, 1.54) is 36.0 Å². The second-order valence-electron chi connectivity index (χ2n) is 8.42. The summed E-state index contributed by atoms with van der Waals surface area (Å²) in [5.74, 6) is 0.788. The van der Waals surface area contributed by atoms with Crippen molar-refractivity contribution < 1.29 is 4.42 Å². The molecule has 0 saturated carbocycles. The Bertz CT molecular complexity index is 993. The third-order valence-corrected chi connectivity index (χ3v) is 7.02. The van der Waals surface area contributed by atoms with Crippen LogP contribution in [0.1, 0.15) is 24.5 Å². The molecule has 4 nitrogen and oxygen atoms in total. The zero-order valence-electron chi connectivity index (χ0n) is 14.8. The average molecular weight is 333 g/mol. The molecule has 128 valence electrons. The van der Waals surface area contributed by atoms with Crippen molar-refractivity contribution in [3.63, 3.8) is 0 Å². The number of nitrogens with zero attached hydrogens (tertiary/aromatic N) is 3. The minimum Gasteiger partial charge on any atom is -0.437 e. The average Bonchev–Trinajstić information content (AvgIpc) is 2.97. The molecule has 6 heterocycles. The molecule has 0 spiro atoms. The van der Waals surface area contributed by atoms with Gasteiger partial charge in [-0.2, -0.15) is 0 Å². The Hall–Kier alpha value is -1.91. The van der Waals surface area contributed by atoms with Crippen molar-refractivity contribution in [1.29, 1.82) is 0 Å². The van der Waals surface area contributed by atoms with Crippen LogP contribution in [0.25, 0.3) is 22.1 Å². The molecule has 3 aromatic rings. The lowest BCUT2D eigenvalue weighted by molar-refractivity contribution is -0.120. The maximum absolute atomic E-state index is 6.35. The summed E-state index contributed by atoms with van der Waals surface area (Å²) < 4.78 is 6.35. The molecule has 4 fully saturated rings. The third kappa shape index (κ3) is 1.72. The van der Waals surface area contributed by atoms with E-state index in [-0.39, 0.29) is 5.41 Å². The summed E-state index contributed by atoms with van der Waals surface area (Å²) in [4.78, 5) is 9.80. The second kappa shape index (κ2) is 4.63. The van der Waals surface area contributed by atoms with Crippen LogP contribution in [0.15, 0.2) is 34.9 Å². The van der Waals surface area contributed by atoms with Gasteiger partial charge in [0, 0.05) is 53.6 Å². The highest BCUT2D eigenvalue weighted by atomic mass is 16.3. The van der Waals surface area contributed by atoms with Crippen LogP contribution in [-0.4, -0.2) is 47.1 Å². The first-order valence-corrected chi connectivity index (χ1v) is 9.39. The molecule has 4 aliphatic rings. The van der Waals surface area contributed by atoms with E-state index in [4.69, 9.17) is 4.42 Å². The van der Waals surface area contributed by atoms with Gasteiger partial charge in [-0.1, -0.05) is 12.1 Å². The van der Waals surface area contributed by atoms with Crippen LogP contribution in [0, 0.1) is 12.8 Å². The molecule has 0 radical (unpaired) electrons. The number of rotatable bonds is 1. The standard InChI is InChI=1S/C21H23N3O/c1-13-5-6-16-17-4-3-7-22-20(17)25-19(16)18(13)21-8-15-9-23(11-21)12-24(10-15)14(21)2/h3-7,14-15H,8-12H2,1-2H3. The van der Waals surface area contributed by atoms with Crippen molar-refractivity contribution in [2.45, 2.75) is 31.7 Å². The van der Waals surface area contributed by atoms with Gasteiger partial charge in [0.15, 0.2) is 0 Å². The van der Waals surface area contributed by atoms with Crippen molar-refractivity contribution in [2.24, 2.45) is 5.92 Å². The molecule has 5 atom stereocenters. The lowest BCUT2D eigenvalue weighted by atomic mass is 9.61. The molecule has 1 aromatic carbocycles. The zero-order valence-corrected chi connectivity index (χ0v) is 14.8. The van der Waals surface area contributed by atoms with Gasteiger partial charge in [-0.3, -0.25) is 9.80 Å². The third-order valence-electron chi connectivity index (χ3n) is 7.02. The fraction of sp³-hybridized carbons (Fsp3) is 0.476. The first kappa shape index (κ1) is 14.3. The fourth-order valence-electron chi connectivity index (χ4n) is 6.06. The van der Waals surface area contributed by atoms with Crippen LogP contribution in [-0.2, 0) is 5.41 Å². The Morgan fingerprint density at radius 2 is 2.12 bits per heavy atom. The molecule has 4 heteroatoms. The van der Waals surface area contributed by atoms with E-state index >= 15 is 0 Å². The number of aromatic nitrogens is 1. The number of pyridine rings is 1. The predicted molar refractivity (Wildman–Crippen MR) is 98.6 cm³/mol. The van der Waals surface area contributed by atoms with Crippen LogP contribution in [0.3, 0.4) is 0 Å². The van der Waals surface area contributed by atoms with Crippen molar-refractivity contribution >= 4 is 22.1 Å². The van der Waals surface area contributed by atoms with E-state index in [2.05, 4.69) is 46.8 Å². The van der Waals surface area contributed by atoms with Crippen molar-refractivity contribution in [2.75, 3.05) is 26.3 Å². The van der Waals surface area contributed by atoms with Crippen LogP contribution in [0.4, 0.5) is 0 Å². The first-order valence-electron chi connectivity index (χ1n) is 9.39. The van der Waals surface area contributed by atoms with Gasteiger partial charge < -0.3 is 4.42 Å². The van der Waals surface area contributed by atoms with E-state index in [0.717, 1.165) is 35.8 Å². The maximum atomic E-state index is 6.35. The van der Waals surface area contributed by atoms with E-state index in [1.807, 2.05) is 12.3 Å². The fourth-order valence-corrected chi connectivity index (χ4v) is 6.06. The summed E-state index contributed by atoms with van der Waals surface area (Å²) in [5.41, 5.74) is 4.82. The Morgan fingerprint density at radius 3 is 3.00 bits per heavy atom. The molecule has 4 saturated heterocycles. The molecule has 0 N–H and O–H groups in total. The second-order valence-corrected chi connectivity index (χ2v) is 8.42. The highest BCUT2D eigenvalue weighted by Gasteiger charge is 2.56. The molecule has 7 rings (SSSR count). The molecular weight excluding hydrogens is 310 g/mol. The Morgan fingerprint density at radius 1 is 1.20 bits per heavy atom. The summed E-state index contributed by atoms with van der Waals surface area (Å²) in [7, 11) is 0. The van der Waals surface area contributed by atoms with E-state index in [0.29, 0.717) is 6.04 Å². The minimum absolute atomic E-state index is 0.177. The molecule has 2 aromatic heterocycles. The summed E-state index contributed by atoms with van der Waals surface area (Å²) in [5, 5.41) is 2.35. The highest BCUT2D eigenvalue weighted by Crippen LogP contribution is 2.51. The highest BCUT2D eigenvalue weighted by molar-refractivity contribution is 6.05. The van der Waals surface area contributed by atoms with Gasteiger partial charge in [0.05, 0.1) is 6.67 Å². The quantitative estimate of drug-likeness (QED) is 0.682. The SMILES string of the molecule is Cc1ccc2c(oc3ncccc32)c1C12CC3CN(CN(C3)C1C)C2. The molecule has 0 aliphatic carbocycles. The number of piperidine rings is 2. The minimum atomic E-state index is 0.177. The van der Waals surface area contributed by atoms with Crippen molar-refractivity contribution in [3.05, 3.63) is 41.6 Å². The van der Waals surface area contributed by atoms with Gasteiger partial charge >= 0.3 is 0 Å². The van der Waals surface area contributed by atoms with Crippen LogP contribution in [0.5, 0.6) is 0 Å². The topological polar surface area (TPSA) is 32.5 Å². The van der Waals surface area contributed by atoms with Crippen molar-refractivity contribution in [3.8, 4) is 0 Å². The van der Waals surface area contributed by atoms with E-state index < -0.39 is 0 Å². The maximum Gasteiger partial charge on any atom is 0.227 e. The molecular formula is C21H23N3O. The van der Waals surface area contributed by atoms with Gasteiger partial charge in [0.2, 0.25) is 5.71 Å². The largest absolute Gasteiger partial charge is 0.437 e. The first-order chi connectivity index (χ1) is 12.2. The number of fused-ring (bicyclic) bond motifs is 3. The van der Waals surface area contributed by atoms with Gasteiger partial charge in [0.25, 0.3) is 0 Å². The molecule has 4 aliphatic heterocycles. The predicted octanol–water partition coefficient (Wildman–Crippen LogP) is 3.52. The Labute approximate surface area is 147 Å². The Balaban J connectivity index is 1.67. The van der Waals surface area contributed by atoms with E-state index in [9.17, 15) is 0 Å². The van der Waals surface area contributed by atoms with Crippen molar-refractivity contribution in [1.82, 2.24) is 14.8 Å². The smallest absolute Gasteiger partial charge is 0.227 e. The lowest BCUT2D eigenvalue weighted by Crippen LogP contribution is -2.72. The van der Waals surface area contributed by atoms with Gasteiger partial charge in [-0.25, -0.2) is 4.98 Å². The van der Waals surface area contributed by atoms with Gasteiger partial charge in [0.1, 0.15) is 5.58 Å². The summed E-state index contributed by atoms with van der Waals surface area (Å²) in [6, 6.07) is 9.19. The van der Waals surface area contributed by atoms with Crippen LogP contribution in [0.2, 0.25) is 0 Å². The number of hydrogen-bond donors (Lipinski definition) is 0. The van der Waals surface area contributed by atoms with Gasteiger partial charge in [-0.15, -0.1) is 0 Å².